The second-order valence-electron chi connectivity index (χ2n) is 5.02. The van der Waals surface area contributed by atoms with Gasteiger partial charge in [0.15, 0.2) is 0 Å². The van der Waals surface area contributed by atoms with Crippen molar-refractivity contribution in [1.29, 1.82) is 0 Å². The van der Waals surface area contributed by atoms with Gasteiger partial charge >= 0.3 is 0 Å². The second kappa shape index (κ2) is 5.80. The first-order valence-corrected chi connectivity index (χ1v) is 6.97. The SMILES string of the molecule is CCCc1c(OCC2CO2)cccc1OCC1CO1. The van der Waals surface area contributed by atoms with E-state index in [2.05, 4.69) is 6.92 Å². The number of ether oxygens (including phenoxy) is 4. The fraction of sp³-hybridized carbons (Fsp3) is 0.600. The Bertz CT molecular complexity index is 390. The quantitative estimate of drug-likeness (QED) is 0.675. The molecule has 0 aromatic heterocycles. The predicted molar refractivity (Wildman–Crippen MR) is 70.9 cm³/mol. The molecule has 0 radical (unpaired) electrons. The third-order valence-corrected chi connectivity index (χ3v) is 3.24. The molecule has 0 spiro atoms. The van der Waals surface area contributed by atoms with Crippen LogP contribution in [0.4, 0.5) is 0 Å². The summed E-state index contributed by atoms with van der Waals surface area (Å²) in [6.45, 7) is 5.06. The average molecular weight is 264 g/mol. The number of epoxide rings is 2. The van der Waals surface area contributed by atoms with Crippen molar-refractivity contribution in [2.45, 2.75) is 32.0 Å². The Morgan fingerprint density at radius 1 is 1.05 bits per heavy atom. The smallest absolute Gasteiger partial charge is 0.126 e. The molecule has 104 valence electrons. The number of rotatable bonds is 8. The summed E-state index contributed by atoms with van der Waals surface area (Å²) in [4.78, 5) is 0. The van der Waals surface area contributed by atoms with E-state index in [1.165, 1.54) is 0 Å². The van der Waals surface area contributed by atoms with E-state index in [4.69, 9.17) is 18.9 Å². The van der Waals surface area contributed by atoms with Crippen LogP contribution in [0.25, 0.3) is 0 Å². The van der Waals surface area contributed by atoms with Crippen LogP contribution >= 0.6 is 0 Å². The molecule has 0 bridgehead atoms. The zero-order chi connectivity index (χ0) is 13.1. The molecule has 1 aromatic carbocycles. The highest BCUT2D eigenvalue weighted by Gasteiger charge is 2.25. The van der Waals surface area contributed by atoms with Crippen molar-refractivity contribution in [2.24, 2.45) is 0 Å². The van der Waals surface area contributed by atoms with E-state index in [-0.39, 0.29) is 12.2 Å². The molecule has 4 nitrogen and oxygen atoms in total. The van der Waals surface area contributed by atoms with Crippen LogP contribution in [0.2, 0.25) is 0 Å². The number of hydrogen-bond acceptors (Lipinski definition) is 4. The summed E-state index contributed by atoms with van der Waals surface area (Å²) in [6, 6.07) is 5.99. The molecule has 0 N–H and O–H groups in total. The lowest BCUT2D eigenvalue weighted by atomic mass is 10.1. The van der Waals surface area contributed by atoms with E-state index in [0.29, 0.717) is 13.2 Å². The maximum absolute atomic E-state index is 5.84. The summed E-state index contributed by atoms with van der Waals surface area (Å²) in [7, 11) is 0. The first-order valence-electron chi connectivity index (χ1n) is 6.97. The summed E-state index contributed by atoms with van der Waals surface area (Å²) in [5, 5.41) is 0. The molecule has 2 unspecified atom stereocenters. The van der Waals surface area contributed by atoms with E-state index in [1.807, 2.05) is 18.2 Å². The molecule has 3 rings (SSSR count). The molecular weight excluding hydrogens is 244 g/mol. The fourth-order valence-electron chi connectivity index (χ4n) is 2.01. The molecule has 19 heavy (non-hydrogen) atoms. The van der Waals surface area contributed by atoms with E-state index in [1.54, 1.807) is 0 Å². The van der Waals surface area contributed by atoms with E-state index in [9.17, 15) is 0 Å². The highest BCUT2D eigenvalue weighted by atomic mass is 16.6. The van der Waals surface area contributed by atoms with Crippen LogP contribution in [0.5, 0.6) is 11.5 Å². The Kier molecular flexibility index (Phi) is 3.89. The standard InChI is InChI=1S/C15H20O4/c1-2-4-13-14(18-9-11-7-16-11)5-3-6-15(13)19-10-12-8-17-12/h3,5-6,11-12H,2,4,7-10H2,1H3. The van der Waals surface area contributed by atoms with Crippen LogP contribution in [0.15, 0.2) is 18.2 Å². The highest BCUT2D eigenvalue weighted by Crippen LogP contribution is 2.31. The minimum Gasteiger partial charge on any atom is -0.490 e. The molecule has 2 aliphatic rings. The normalized spacial score (nSPS) is 24.1. The van der Waals surface area contributed by atoms with Crippen LogP contribution in [0, 0.1) is 0 Å². The molecule has 0 aliphatic carbocycles. The van der Waals surface area contributed by atoms with Crippen LogP contribution in [0.3, 0.4) is 0 Å². The number of benzene rings is 1. The van der Waals surface area contributed by atoms with Crippen molar-refractivity contribution in [3.8, 4) is 11.5 Å². The van der Waals surface area contributed by atoms with Crippen molar-refractivity contribution >= 4 is 0 Å². The highest BCUT2D eigenvalue weighted by molar-refractivity contribution is 5.45. The van der Waals surface area contributed by atoms with Crippen molar-refractivity contribution in [1.82, 2.24) is 0 Å². The predicted octanol–water partition coefficient (Wildman–Crippen LogP) is 2.19. The largest absolute Gasteiger partial charge is 0.490 e. The van der Waals surface area contributed by atoms with Gasteiger partial charge in [0.05, 0.1) is 13.2 Å². The molecule has 2 saturated heterocycles. The number of hydrogen-bond donors (Lipinski definition) is 0. The van der Waals surface area contributed by atoms with Gasteiger partial charge in [-0.3, -0.25) is 0 Å². The average Bonchev–Trinajstić information content (AvgIpc) is 3.29. The van der Waals surface area contributed by atoms with Crippen LogP contribution < -0.4 is 9.47 Å². The summed E-state index contributed by atoms with van der Waals surface area (Å²) >= 11 is 0. The minimum absolute atomic E-state index is 0.277. The van der Waals surface area contributed by atoms with E-state index in [0.717, 1.165) is 43.1 Å². The van der Waals surface area contributed by atoms with Crippen molar-refractivity contribution < 1.29 is 18.9 Å². The monoisotopic (exact) mass is 264 g/mol. The van der Waals surface area contributed by atoms with Gasteiger partial charge in [-0.2, -0.15) is 0 Å². The minimum atomic E-state index is 0.277. The third kappa shape index (κ3) is 3.61. The Hall–Kier alpha value is -1.26. The molecule has 2 fully saturated rings. The van der Waals surface area contributed by atoms with Crippen LogP contribution in [-0.4, -0.2) is 38.6 Å². The maximum atomic E-state index is 5.84. The lowest BCUT2D eigenvalue weighted by Crippen LogP contribution is -2.09. The Morgan fingerprint density at radius 2 is 1.58 bits per heavy atom. The zero-order valence-electron chi connectivity index (χ0n) is 11.3. The molecule has 2 heterocycles. The van der Waals surface area contributed by atoms with Gasteiger partial charge in [0.25, 0.3) is 0 Å². The second-order valence-corrected chi connectivity index (χ2v) is 5.02. The van der Waals surface area contributed by atoms with Gasteiger partial charge in [-0.25, -0.2) is 0 Å². The lowest BCUT2D eigenvalue weighted by molar-refractivity contribution is 0.248. The maximum Gasteiger partial charge on any atom is 0.126 e. The van der Waals surface area contributed by atoms with E-state index >= 15 is 0 Å². The summed E-state index contributed by atoms with van der Waals surface area (Å²) < 4.78 is 22.0. The van der Waals surface area contributed by atoms with Gasteiger partial charge in [-0.05, 0) is 18.6 Å². The van der Waals surface area contributed by atoms with Gasteiger partial charge in [0.1, 0.15) is 36.9 Å². The summed E-state index contributed by atoms with van der Waals surface area (Å²) in [5.74, 6) is 1.85. The first-order chi connectivity index (χ1) is 9.36. The van der Waals surface area contributed by atoms with Gasteiger partial charge in [0, 0.05) is 5.56 Å². The Morgan fingerprint density at radius 3 is 2.00 bits per heavy atom. The summed E-state index contributed by atoms with van der Waals surface area (Å²) in [5.41, 5.74) is 1.16. The molecule has 1 aromatic rings. The molecule has 4 heteroatoms. The molecule has 2 atom stereocenters. The topological polar surface area (TPSA) is 43.5 Å². The lowest BCUT2D eigenvalue weighted by Gasteiger charge is -2.15. The first kappa shape index (κ1) is 12.8. The molecular formula is C15H20O4. The van der Waals surface area contributed by atoms with Crippen LogP contribution in [-0.2, 0) is 15.9 Å². The van der Waals surface area contributed by atoms with Gasteiger partial charge in [0.2, 0.25) is 0 Å². The molecule has 0 amide bonds. The molecule has 0 saturated carbocycles. The Balaban J connectivity index is 1.69. The van der Waals surface area contributed by atoms with E-state index < -0.39 is 0 Å². The summed E-state index contributed by atoms with van der Waals surface area (Å²) in [6.07, 6.45) is 2.58. The van der Waals surface area contributed by atoms with Crippen molar-refractivity contribution in [3.05, 3.63) is 23.8 Å². The molecule has 2 aliphatic heterocycles. The van der Waals surface area contributed by atoms with Crippen molar-refractivity contribution in [3.63, 3.8) is 0 Å². The van der Waals surface area contributed by atoms with Gasteiger partial charge < -0.3 is 18.9 Å². The van der Waals surface area contributed by atoms with Crippen LogP contribution in [0.1, 0.15) is 18.9 Å². The Labute approximate surface area is 113 Å². The zero-order valence-corrected chi connectivity index (χ0v) is 11.3. The van der Waals surface area contributed by atoms with Crippen molar-refractivity contribution in [2.75, 3.05) is 26.4 Å². The van der Waals surface area contributed by atoms with Gasteiger partial charge in [-0.1, -0.05) is 19.4 Å². The fourth-order valence-corrected chi connectivity index (χ4v) is 2.01. The third-order valence-electron chi connectivity index (χ3n) is 3.24. The van der Waals surface area contributed by atoms with Gasteiger partial charge in [-0.15, -0.1) is 0 Å².